The summed E-state index contributed by atoms with van der Waals surface area (Å²) < 4.78 is 11.4. The first-order chi connectivity index (χ1) is 18.2. The van der Waals surface area contributed by atoms with Crippen LogP contribution in [0.25, 0.3) is 0 Å². The summed E-state index contributed by atoms with van der Waals surface area (Å²) >= 11 is 5.49. The van der Waals surface area contributed by atoms with E-state index in [2.05, 4.69) is 20.9 Å². The molecule has 0 radical (unpaired) electrons. The zero-order valence-corrected chi connectivity index (χ0v) is 22.8. The topological polar surface area (TPSA) is 149 Å². The lowest BCUT2D eigenvalue weighted by Gasteiger charge is -2.31. The van der Waals surface area contributed by atoms with Crippen molar-refractivity contribution < 1.29 is 28.8 Å². The van der Waals surface area contributed by atoms with Gasteiger partial charge in [-0.1, -0.05) is 39.0 Å². The zero-order chi connectivity index (χ0) is 27.1. The minimum absolute atomic E-state index is 0.171. The molecule has 0 aliphatic carbocycles. The van der Waals surface area contributed by atoms with Crippen molar-refractivity contribution in [2.24, 2.45) is 5.92 Å². The third-order valence-electron chi connectivity index (χ3n) is 6.10. The summed E-state index contributed by atoms with van der Waals surface area (Å²) in [5, 5.41) is 10.7. The van der Waals surface area contributed by atoms with Gasteiger partial charge in [0.1, 0.15) is 11.0 Å². The van der Waals surface area contributed by atoms with Gasteiger partial charge in [0.05, 0.1) is 28.2 Å². The van der Waals surface area contributed by atoms with Crippen LogP contribution in [0.5, 0.6) is 5.75 Å². The van der Waals surface area contributed by atoms with Crippen LogP contribution in [0.1, 0.15) is 23.3 Å². The van der Waals surface area contributed by atoms with Gasteiger partial charge in [0, 0.05) is 33.0 Å². The van der Waals surface area contributed by atoms with Crippen LogP contribution in [0.3, 0.4) is 0 Å². The summed E-state index contributed by atoms with van der Waals surface area (Å²) in [6, 6.07) is 10.3. The van der Waals surface area contributed by atoms with E-state index < -0.39 is 39.8 Å². The number of nitro benzene ring substituents is 1. The Hall–Kier alpha value is -3.49. The fourth-order valence-corrected chi connectivity index (χ4v) is 7.45. The molecule has 1 N–H and O–H groups in total. The number of amides is 2. The summed E-state index contributed by atoms with van der Waals surface area (Å²) in [4.78, 5) is 66.3. The SMILES string of the molecule is CCOC(=O)COc1ccc(Br)cc1[C@@H]1c2sc(=O)[nH]c2S[C@H]2C(=O)N(c3ccc([N+](=O)[O-])cc3)C(=O)[C@@H]12. The molecule has 3 aromatic rings. The highest BCUT2D eigenvalue weighted by Gasteiger charge is 2.57. The highest BCUT2D eigenvalue weighted by Crippen LogP contribution is 2.54. The van der Waals surface area contributed by atoms with E-state index in [1.54, 1.807) is 25.1 Å². The molecule has 3 atom stereocenters. The molecule has 2 aromatic carbocycles. The number of non-ortho nitro benzene ring substituents is 1. The van der Waals surface area contributed by atoms with E-state index >= 15 is 0 Å². The zero-order valence-electron chi connectivity index (χ0n) is 19.5. The molecule has 38 heavy (non-hydrogen) atoms. The van der Waals surface area contributed by atoms with Crippen LogP contribution in [0.4, 0.5) is 11.4 Å². The lowest BCUT2D eigenvalue weighted by atomic mass is 9.82. The molecule has 1 aromatic heterocycles. The standard InChI is InChI=1S/C24H18BrN3O8S2/c1-2-35-16(29)10-36-15-8-3-11(25)9-14(15)17-18-20(37-21-19(17)38-24(32)26-21)23(31)27(22(18)30)12-4-6-13(7-5-12)28(33)34/h3-9,17-18,20H,2,10H2,1H3,(H,26,32)/t17-,18-,20+/m0/s1. The van der Waals surface area contributed by atoms with Crippen LogP contribution in [-0.4, -0.2) is 46.2 Å². The Bertz CT molecular complexity index is 1520. The molecular formula is C24H18BrN3O8S2. The van der Waals surface area contributed by atoms with Crippen molar-refractivity contribution in [2.45, 2.75) is 23.1 Å². The van der Waals surface area contributed by atoms with Gasteiger partial charge in [0.15, 0.2) is 6.61 Å². The Labute approximate surface area is 231 Å². The quantitative estimate of drug-likeness (QED) is 0.180. The fraction of sp³-hybridized carbons (Fsp3) is 0.250. The third-order valence-corrected chi connectivity index (χ3v) is 8.99. The summed E-state index contributed by atoms with van der Waals surface area (Å²) in [5.74, 6) is -2.91. The van der Waals surface area contributed by atoms with Gasteiger partial charge in [0.2, 0.25) is 11.8 Å². The molecule has 2 aliphatic heterocycles. The predicted octanol–water partition coefficient (Wildman–Crippen LogP) is 3.84. The first kappa shape index (κ1) is 26.1. The van der Waals surface area contributed by atoms with Crippen molar-refractivity contribution >= 4 is 68.2 Å². The lowest BCUT2D eigenvalue weighted by Crippen LogP contribution is -2.32. The normalized spacial score (nSPS) is 20.2. The van der Waals surface area contributed by atoms with Crippen molar-refractivity contribution in [1.82, 2.24) is 4.98 Å². The van der Waals surface area contributed by atoms with Gasteiger partial charge in [-0.3, -0.25) is 24.5 Å². The first-order valence-corrected chi connectivity index (χ1v) is 13.8. The molecule has 1 fully saturated rings. The summed E-state index contributed by atoms with van der Waals surface area (Å²) in [7, 11) is 0. The molecule has 5 rings (SSSR count). The van der Waals surface area contributed by atoms with Crippen LogP contribution >= 0.6 is 39.0 Å². The molecule has 14 heteroatoms. The van der Waals surface area contributed by atoms with E-state index in [0.717, 1.165) is 28.0 Å². The number of carbonyl (C=O) groups is 3. The molecule has 2 amide bonds. The number of hydrogen-bond donors (Lipinski definition) is 1. The Morgan fingerprint density at radius 1 is 1.16 bits per heavy atom. The van der Waals surface area contributed by atoms with Crippen molar-refractivity contribution in [1.29, 1.82) is 0 Å². The third kappa shape index (κ3) is 4.63. The highest BCUT2D eigenvalue weighted by atomic mass is 79.9. The minimum atomic E-state index is -0.902. The molecule has 0 unspecified atom stereocenters. The molecule has 11 nitrogen and oxygen atoms in total. The number of fused-ring (bicyclic) bond motifs is 2. The number of aromatic amines is 1. The number of ether oxygens (including phenoxy) is 2. The number of H-pyrrole nitrogens is 1. The number of benzene rings is 2. The van der Waals surface area contributed by atoms with E-state index in [1.807, 2.05) is 0 Å². The number of aromatic nitrogens is 1. The second-order valence-electron chi connectivity index (χ2n) is 8.31. The van der Waals surface area contributed by atoms with Crippen molar-refractivity contribution in [2.75, 3.05) is 18.1 Å². The highest BCUT2D eigenvalue weighted by molar-refractivity contribution is 9.10. The van der Waals surface area contributed by atoms with Crippen LogP contribution in [0.2, 0.25) is 0 Å². The maximum absolute atomic E-state index is 13.9. The van der Waals surface area contributed by atoms with E-state index in [0.29, 0.717) is 25.7 Å². The van der Waals surface area contributed by atoms with Gasteiger partial charge in [0.25, 0.3) is 5.69 Å². The number of hydrogen-bond acceptors (Lipinski definition) is 10. The van der Waals surface area contributed by atoms with Crippen molar-refractivity contribution in [3.63, 3.8) is 0 Å². The molecular weight excluding hydrogens is 602 g/mol. The number of rotatable bonds is 7. The van der Waals surface area contributed by atoms with E-state index in [1.165, 1.54) is 24.3 Å². The Balaban J connectivity index is 1.59. The number of halogens is 1. The van der Waals surface area contributed by atoms with Gasteiger partial charge >= 0.3 is 10.8 Å². The fourth-order valence-electron chi connectivity index (χ4n) is 4.56. The molecule has 0 saturated carbocycles. The summed E-state index contributed by atoms with van der Waals surface area (Å²) in [6.07, 6.45) is 0. The van der Waals surface area contributed by atoms with Gasteiger partial charge in [-0.15, -0.1) is 0 Å². The van der Waals surface area contributed by atoms with Crippen LogP contribution < -0.4 is 14.5 Å². The number of nitrogens with zero attached hydrogens (tertiary/aromatic N) is 2. The Morgan fingerprint density at radius 2 is 1.89 bits per heavy atom. The maximum Gasteiger partial charge on any atom is 0.344 e. The molecule has 0 bridgehead atoms. The van der Waals surface area contributed by atoms with Crippen LogP contribution in [-0.2, 0) is 19.1 Å². The second-order valence-corrected chi connectivity index (χ2v) is 11.4. The van der Waals surface area contributed by atoms with E-state index in [9.17, 15) is 29.3 Å². The molecule has 2 aliphatic rings. The smallest absolute Gasteiger partial charge is 0.344 e. The van der Waals surface area contributed by atoms with Gasteiger partial charge in [-0.05, 0) is 37.3 Å². The number of thioether (sulfide) groups is 1. The first-order valence-electron chi connectivity index (χ1n) is 11.3. The molecule has 1 saturated heterocycles. The lowest BCUT2D eigenvalue weighted by molar-refractivity contribution is -0.384. The average molecular weight is 620 g/mol. The number of esters is 1. The molecule has 0 spiro atoms. The Kier molecular flexibility index (Phi) is 7.11. The van der Waals surface area contributed by atoms with E-state index in [-0.39, 0.29) is 29.5 Å². The monoisotopic (exact) mass is 619 g/mol. The Morgan fingerprint density at radius 3 is 2.58 bits per heavy atom. The molecule has 196 valence electrons. The van der Waals surface area contributed by atoms with Gasteiger partial charge < -0.3 is 14.5 Å². The predicted molar refractivity (Wildman–Crippen MR) is 142 cm³/mol. The average Bonchev–Trinajstić information content (AvgIpc) is 3.37. The summed E-state index contributed by atoms with van der Waals surface area (Å²) in [5.41, 5.74) is 0.557. The number of nitro groups is 1. The maximum atomic E-state index is 13.9. The largest absolute Gasteiger partial charge is 0.482 e. The number of imide groups is 1. The van der Waals surface area contributed by atoms with Gasteiger partial charge in [-0.25, -0.2) is 9.69 Å². The number of nitrogens with one attached hydrogen (secondary N) is 1. The molecule has 3 heterocycles. The number of carbonyl (C=O) groups excluding carboxylic acids is 3. The number of anilines is 1. The summed E-state index contributed by atoms with van der Waals surface area (Å²) in [6.45, 7) is 1.50. The minimum Gasteiger partial charge on any atom is -0.482 e. The van der Waals surface area contributed by atoms with E-state index in [4.69, 9.17) is 9.47 Å². The van der Waals surface area contributed by atoms with Crippen molar-refractivity contribution in [3.05, 3.63) is 77.2 Å². The van der Waals surface area contributed by atoms with Crippen LogP contribution in [0.15, 0.2) is 56.8 Å². The van der Waals surface area contributed by atoms with Crippen molar-refractivity contribution in [3.8, 4) is 5.75 Å². The van der Waals surface area contributed by atoms with Crippen LogP contribution in [0, 0.1) is 16.0 Å². The number of thiazole rings is 1. The second kappa shape index (κ2) is 10.3. The van der Waals surface area contributed by atoms with Gasteiger partial charge in [-0.2, -0.15) is 0 Å².